The predicted molar refractivity (Wildman–Crippen MR) is 157 cm³/mol. The number of aryl methyl sites for hydroxylation is 2. The summed E-state index contributed by atoms with van der Waals surface area (Å²) >= 11 is 0. The number of methoxy groups -OCH3 is 1. The van der Waals surface area contributed by atoms with Gasteiger partial charge in [0.15, 0.2) is 11.4 Å². The van der Waals surface area contributed by atoms with E-state index < -0.39 is 12.0 Å². The number of benzene rings is 3. The Labute approximate surface area is 236 Å². The maximum Gasteiger partial charge on any atom is 0.326 e. The molecule has 6 rings (SSSR count). The molecule has 0 radical (unpaired) electrons. The molecular formula is C32H30N4O5. The topological polar surface area (TPSA) is 118 Å². The van der Waals surface area contributed by atoms with Gasteiger partial charge >= 0.3 is 5.97 Å². The van der Waals surface area contributed by atoms with E-state index in [0.717, 1.165) is 27.8 Å². The first-order chi connectivity index (χ1) is 19.8. The molecule has 2 aromatic heterocycles. The number of nitrogens with one attached hydrogen (secondary N) is 1. The Morgan fingerprint density at radius 3 is 2.68 bits per heavy atom. The number of aromatic nitrogens is 2. The van der Waals surface area contributed by atoms with Crippen LogP contribution in [-0.4, -0.2) is 46.6 Å². The molecule has 0 aliphatic carbocycles. The predicted octanol–water partition coefficient (Wildman–Crippen LogP) is 5.98. The number of carbonyl (C=O) groups is 2. The first-order valence-electron chi connectivity index (χ1n) is 13.5. The summed E-state index contributed by atoms with van der Waals surface area (Å²) in [6.45, 7) is 4.14. The van der Waals surface area contributed by atoms with Crippen LogP contribution in [0.2, 0.25) is 0 Å². The minimum Gasteiger partial charge on any atom is -0.497 e. The zero-order chi connectivity index (χ0) is 28.7. The second-order valence-electron chi connectivity index (χ2n) is 10.5. The fourth-order valence-electron chi connectivity index (χ4n) is 5.75. The number of anilines is 2. The number of hydrogen-bond acceptors (Lipinski definition) is 7. The molecule has 3 aromatic carbocycles. The zero-order valence-electron chi connectivity index (χ0n) is 23.0. The second-order valence-corrected chi connectivity index (χ2v) is 10.5. The van der Waals surface area contributed by atoms with E-state index in [4.69, 9.17) is 9.15 Å². The average molecular weight is 551 g/mol. The van der Waals surface area contributed by atoms with Gasteiger partial charge in [-0.1, -0.05) is 30.3 Å². The highest BCUT2D eigenvalue weighted by Gasteiger charge is 2.40. The van der Waals surface area contributed by atoms with Gasteiger partial charge in [-0.05, 0) is 79.3 Å². The summed E-state index contributed by atoms with van der Waals surface area (Å²) in [5, 5.41) is 13.9. The lowest BCUT2D eigenvalue weighted by atomic mass is 9.99. The number of aliphatic carboxylic acids is 1. The molecule has 41 heavy (non-hydrogen) atoms. The Bertz CT molecular complexity index is 1800. The van der Waals surface area contributed by atoms with E-state index in [0.29, 0.717) is 47.0 Å². The van der Waals surface area contributed by atoms with E-state index in [1.165, 1.54) is 0 Å². The Kier molecular flexibility index (Phi) is 6.78. The Morgan fingerprint density at radius 2 is 1.90 bits per heavy atom. The standard InChI is InChI=1S/C32H30N4O5/c1-18-13-22(11-12-24(18)21-7-6-8-23(16-21)40-3)35-28(37)15-20-14-26(32(38)39)36(17-20)31-30-29(33-19(2)34-31)25-9-4-5-10-27(25)41-30/h4-13,16,20,26H,14-15,17H2,1-3H3,(H,35,37)(H,38,39)/t20-,26+/m1/s1. The molecule has 5 aromatic rings. The van der Waals surface area contributed by atoms with Crippen LogP contribution in [0.15, 0.2) is 71.1 Å². The molecule has 1 aliphatic heterocycles. The molecule has 1 fully saturated rings. The van der Waals surface area contributed by atoms with E-state index in [-0.39, 0.29) is 18.2 Å². The van der Waals surface area contributed by atoms with Crippen molar-refractivity contribution < 1.29 is 23.8 Å². The van der Waals surface area contributed by atoms with Crippen molar-refractivity contribution in [1.29, 1.82) is 0 Å². The first-order valence-corrected chi connectivity index (χ1v) is 13.5. The van der Waals surface area contributed by atoms with Crippen LogP contribution < -0.4 is 15.0 Å². The smallest absolute Gasteiger partial charge is 0.326 e. The van der Waals surface area contributed by atoms with Crippen LogP contribution in [0.25, 0.3) is 33.2 Å². The third-order valence-corrected chi connectivity index (χ3v) is 7.62. The summed E-state index contributed by atoms with van der Waals surface area (Å²) in [6, 6.07) is 20.4. The number of furan rings is 1. The monoisotopic (exact) mass is 550 g/mol. The molecule has 0 unspecified atom stereocenters. The van der Waals surface area contributed by atoms with Crippen molar-refractivity contribution in [3.63, 3.8) is 0 Å². The molecule has 1 amide bonds. The average Bonchev–Trinajstić information content (AvgIpc) is 3.54. The van der Waals surface area contributed by atoms with Crippen molar-refractivity contribution in [1.82, 2.24) is 9.97 Å². The minimum absolute atomic E-state index is 0.165. The Hall–Kier alpha value is -4.92. The number of fused-ring (bicyclic) bond motifs is 3. The van der Waals surface area contributed by atoms with Crippen molar-refractivity contribution >= 4 is 45.5 Å². The molecule has 9 heteroatoms. The highest BCUT2D eigenvalue weighted by molar-refractivity contribution is 6.06. The molecule has 1 aliphatic rings. The molecule has 1 saturated heterocycles. The van der Waals surface area contributed by atoms with Crippen molar-refractivity contribution in [2.75, 3.05) is 23.9 Å². The number of carboxylic acid groups (broad SMARTS) is 1. The number of amides is 1. The molecule has 3 heterocycles. The lowest BCUT2D eigenvalue weighted by molar-refractivity contribution is -0.138. The largest absolute Gasteiger partial charge is 0.497 e. The highest BCUT2D eigenvalue weighted by Crippen LogP contribution is 2.38. The number of carbonyl (C=O) groups excluding carboxylic acids is 1. The summed E-state index contributed by atoms with van der Waals surface area (Å²) in [6.07, 6.45) is 0.506. The van der Waals surface area contributed by atoms with Crippen LogP contribution in [0.1, 0.15) is 24.2 Å². The molecule has 0 spiro atoms. The van der Waals surface area contributed by atoms with Crippen LogP contribution in [0.5, 0.6) is 5.75 Å². The number of ether oxygens (including phenoxy) is 1. The number of carboxylic acids is 1. The molecule has 9 nitrogen and oxygen atoms in total. The van der Waals surface area contributed by atoms with Gasteiger partial charge in [0.25, 0.3) is 0 Å². The quantitative estimate of drug-likeness (QED) is 0.254. The molecule has 2 atom stereocenters. The SMILES string of the molecule is COc1cccc(-c2ccc(NC(=O)C[C@H]3C[C@@H](C(=O)O)N(c4nc(C)nc5c4oc4ccccc45)C3)cc2C)c1. The van der Waals surface area contributed by atoms with E-state index in [9.17, 15) is 14.7 Å². The number of nitrogens with zero attached hydrogens (tertiary/aromatic N) is 3. The number of rotatable bonds is 7. The second kappa shape index (κ2) is 10.6. The van der Waals surface area contributed by atoms with E-state index in [2.05, 4.69) is 15.3 Å². The van der Waals surface area contributed by atoms with Crippen LogP contribution >= 0.6 is 0 Å². The molecule has 2 N–H and O–H groups in total. The summed E-state index contributed by atoms with van der Waals surface area (Å²) < 4.78 is 11.4. The summed E-state index contributed by atoms with van der Waals surface area (Å²) in [4.78, 5) is 36.3. The van der Waals surface area contributed by atoms with Crippen molar-refractivity contribution in [3.05, 3.63) is 78.1 Å². The Morgan fingerprint density at radius 1 is 1.07 bits per heavy atom. The minimum atomic E-state index is -0.961. The van der Waals surface area contributed by atoms with E-state index in [1.807, 2.05) is 73.7 Å². The van der Waals surface area contributed by atoms with Gasteiger partial charge in [-0.15, -0.1) is 0 Å². The molecule has 0 bridgehead atoms. The van der Waals surface area contributed by atoms with Crippen LogP contribution in [0.3, 0.4) is 0 Å². The van der Waals surface area contributed by atoms with Crippen LogP contribution in [-0.2, 0) is 9.59 Å². The lowest BCUT2D eigenvalue weighted by Gasteiger charge is -2.22. The maximum absolute atomic E-state index is 13.1. The van der Waals surface area contributed by atoms with Gasteiger partial charge in [-0.2, -0.15) is 0 Å². The third-order valence-electron chi connectivity index (χ3n) is 7.62. The Balaban J connectivity index is 1.20. The summed E-state index contributed by atoms with van der Waals surface area (Å²) in [5.41, 5.74) is 5.57. The fraction of sp³-hybridized carbons (Fsp3) is 0.250. The molecule has 0 saturated carbocycles. The zero-order valence-corrected chi connectivity index (χ0v) is 23.0. The van der Waals surface area contributed by atoms with Gasteiger partial charge in [0, 0.05) is 24.0 Å². The maximum atomic E-state index is 13.1. The van der Waals surface area contributed by atoms with Crippen LogP contribution in [0.4, 0.5) is 11.5 Å². The highest BCUT2D eigenvalue weighted by atomic mass is 16.5. The summed E-state index contributed by atoms with van der Waals surface area (Å²) in [7, 11) is 1.64. The van der Waals surface area contributed by atoms with E-state index in [1.54, 1.807) is 18.9 Å². The van der Waals surface area contributed by atoms with Gasteiger partial charge in [-0.3, -0.25) is 4.79 Å². The van der Waals surface area contributed by atoms with E-state index >= 15 is 0 Å². The van der Waals surface area contributed by atoms with Gasteiger partial charge in [0.1, 0.15) is 28.7 Å². The third kappa shape index (κ3) is 5.06. The van der Waals surface area contributed by atoms with Crippen molar-refractivity contribution in [2.45, 2.75) is 32.7 Å². The number of para-hydroxylation sites is 1. The normalized spacial score (nSPS) is 16.8. The van der Waals surface area contributed by atoms with Gasteiger partial charge < -0.3 is 24.5 Å². The van der Waals surface area contributed by atoms with Gasteiger partial charge in [0.05, 0.1) is 7.11 Å². The fourth-order valence-corrected chi connectivity index (χ4v) is 5.75. The summed E-state index contributed by atoms with van der Waals surface area (Å²) in [5.74, 6) is 0.449. The number of hydrogen-bond donors (Lipinski definition) is 2. The van der Waals surface area contributed by atoms with Crippen molar-refractivity contribution in [2.24, 2.45) is 5.92 Å². The molecule has 208 valence electrons. The van der Waals surface area contributed by atoms with Gasteiger partial charge in [-0.25, -0.2) is 14.8 Å². The molecular weight excluding hydrogens is 520 g/mol. The van der Waals surface area contributed by atoms with Crippen LogP contribution in [0, 0.1) is 19.8 Å². The van der Waals surface area contributed by atoms with Crippen molar-refractivity contribution in [3.8, 4) is 16.9 Å². The first kappa shape index (κ1) is 26.3. The lowest BCUT2D eigenvalue weighted by Crippen LogP contribution is -2.36. The van der Waals surface area contributed by atoms with Gasteiger partial charge in [0.2, 0.25) is 5.91 Å².